The minimum atomic E-state index is -4.00. The van der Waals surface area contributed by atoms with Crippen LogP contribution in [0.15, 0.2) is 21.5 Å². The predicted molar refractivity (Wildman–Crippen MR) is 77.6 cm³/mol. The fourth-order valence-corrected chi connectivity index (χ4v) is 3.75. The Labute approximate surface area is 131 Å². The van der Waals surface area contributed by atoms with Crippen LogP contribution < -0.4 is 5.32 Å². The molecule has 1 aliphatic rings. The Balaban J connectivity index is 0.00000200. The molecule has 0 amide bonds. The van der Waals surface area contributed by atoms with Crippen molar-refractivity contribution in [2.75, 3.05) is 26.2 Å². The molecule has 0 spiro atoms. The normalized spacial score (nSPS) is 17.4. The average molecular weight is 392 g/mol. The molecule has 0 aromatic heterocycles. The third-order valence-electron chi connectivity index (χ3n) is 2.89. The van der Waals surface area contributed by atoms with Crippen molar-refractivity contribution in [2.24, 2.45) is 0 Å². The van der Waals surface area contributed by atoms with E-state index < -0.39 is 26.6 Å². The molecule has 0 atom stereocenters. The molecule has 1 saturated heterocycles. The highest BCUT2D eigenvalue weighted by Crippen LogP contribution is 2.25. The van der Waals surface area contributed by atoms with Gasteiger partial charge in [-0.25, -0.2) is 17.2 Å². The lowest BCUT2D eigenvalue weighted by Crippen LogP contribution is -2.34. The third kappa shape index (κ3) is 3.67. The Morgan fingerprint density at radius 2 is 1.85 bits per heavy atom. The third-order valence-corrected chi connectivity index (χ3v) is 5.41. The summed E-state index contributed by atoms with van der Waals surface area (Å²) in [5.41, 5.74) is 0. The summed E-state index contributed by atoms with van der Waals surface area (Å²) in [5.74, 6) is -1.75. The van der Waals surface area contributed by atoms with E-state index in [1.807, 2.05) is 0 Å². The second-order valence-electron chi connectivity index (χ2n) is 4.20. The van der Waals surface area contributed by atoms with Gasteiger partial charge in [-0.3, -0.25) is 0 Å². The maximum atomic E-state index is 13.8. The Bertz CT molecular complexity index is 578. The molecule has 1 aromatic carbocycles. The molecule has 0 saturated carbocycles. The number of hydrogen-bond acceptors (Lipinski definition) is 3. The molecule has 2 rings (SSSR count). The van der Waals surface area contributed by atoms with Crippen molar-refractivity contribution < 1.29 is 17.2 Å². The maximum Gasteiger partial charge on any atom is 0.246 e. The quantitative estimate of drug-likeness (QED) is 0.786. The van der Waals surface area contributed by atoms with Gasteiger partial charge in [0.25, 0.3) is 0 Å². The van der Waals surface area contributed by atoms with Gasteiger partial charge in [-0.2, -0.15) is 4.31 Å². The molecule has 1 aromatic rings. The number of sulfonamides is 1. The first-order valence-electron chi connectivity index (χ1n) is 5.78. The highest BCUT2D eigenvalue weighted by Gasteiger charge is 2.29. The first-order valence-corrected chi connectivity index (χ1v) is 8.01. The Kier molecular flexibility index (Phi) is 6.33. The summed E-state index contributed by atoms with van der Waals surface area (Å²) >= 11 is 2.82. The second kappa shape index (κ2) is 7.13. The van der Waals surface area contributed by atoms with Crippen molar-refractivity contribution in [3.05, 3.63) is 28.2 Å². The maximum absolute atomic E-state index is 13.8. The molecule has 9 heteroatoms. The Hall–Kier alpha value is -0.280. The highest BCUT2D eigenvalue weighted by atomic mass is 79.9. The van der Waals surface area contributed by atoms with Crippen molar-refractivity contribution in [3.8, 4) is 0 Å². The number of nitrogens with zero attached hydrogens (tertiary/aromatic N) is 1. The molecule has 0 unspecified atom stereocenters. The molecule has 20 heavy (non-hydrogen) atoms. The number of nitrogens with one attached hydrogen (secondary N) is 1. The van der Waals surface area contributed by atoms with Gasteiger partial charge in [-0.05, 0) is 41.0 Å². The van der Waals surface area contributed by atoms with Crippen molar-refractivity contribution in [1.82, 2.24) is 9.62 Å². The molecule has 4 nitrogen and oxygen atoms in total. The monoisotopic (exact) mass is 390 g/mol. The van der Waals surface area contributed by atoms with Crippen LogP contribution in [0.1, 0.15) is 6.42 Å². The minimum Gasteiger partial charge on any atom is -0.315 e. The fraction of sp³-hybridized carbons (Fsp3) is 0.455. The van der Waals surface area contributed by atoms with Crippen molar-refractivity contribution >= 4 is 38.4 Å². The van der Waals surface area contributed by atoms with Crippen molar-refractivity contribution in [1.29, 1.82) is 0 Å². The number of halogens is 4. The van der Waals surface area contributed by atoms with Gasteiger partial charge >= 0.3 is 0 Å². The number of rotatable bonds is 2. The summed E-state index contributed by atoms with van der Waals surface area (Å²) in [6, 6.07) is 1.55. The summed E-state index contributed by atoms with van der Waals surface area (Å²) in [6.07, 6.45) is 0.639. The van der Waals surface area contributed by atoms with Gasteiger partial charge in [0, 0.05) is 19.6 Å². The van der Waals surface area contributed by atoms with Gasteiger partial charge in [0.05, 0.1) is 4.47 Å². The summed E-state index contributed by atoms with van der Waals surface area (Å²) in [7, 11) is -4.00. The topological polar surface area (TPSA) is 49.4 Å². The van der Waals surface area contributed by atoms with E-state index in [2.05, 4.69) is 21.2 Å². The Morgan fingerprint density at radius 3 is 2.55 bits per heavy atom. The standard InChI is InChI=1S/C11H13BrF2N2O2S.ClH/c12-8-6-10(14)11(7-9(8)13)19(17,18)16-4-1-2-15-3-5-16;/h6-7,15H,1-5H2;1H. The van der Waals surface area contributed by atoms with Crippen LogP contribution in [0, 0.1) is 11.6 Å². The van der Waals surface area contributed by atoms with Crippen LogP contribution in [0.3, 0.4) is 0 Å². The summed E-state index contributed by atoms with van der Waals surface area (Å²) in [4.78, 5) is -0.616. The zero-order chi connectivity index (χ0) is 14.0. The van der Waals surface area contributed by atoms with Crippen LogP contribution >= 0.6 is 28.3 Å². The first kappa shape index (κ1) is 17.8. The van der Waals surface area contributed by atoms with Crippen molar-refractivity contribution in [3.63, 3.8) is 0 Å². The largest absolute Gasteiger partial charge is 0.315 e. The predicted octanol–water partition coefficient (Wildman–Crippen LogP) is 2.13. The SMILES string of the molecule is Cl.O=S(=O)(c1cc(F)c(Br)cc1F)N1CCCNCC1. The smallest absolute Gasteiger partial charge is 0.246 e. The van der Waals surface area contributed by atoms with E-state index in [0.29, 0.717) is 32.1 Å². The average Bonchev–Trinajstić information content (AvgIpc) is 2.62. The van der Waals surface area contributed by atoms with Crippen LogP contribution in [0.25, 0.3) is 0 Å². The van der Waals surface area contributed by atoms with E-state index in [9.17, 15) is 17.2 Å². The number of benzene rings is 1. The summed E-state index contributed by atoms with van der Waals surface area (Å²) < 4.78 is 52.9. The molecular formula is C11H14BrClF2N2O2S. The van der Waals surface area contributed by atoms with Gasteiger partial charge in [0.2, 0.25) is 10.0 Å². The summed E-state index contributed by atoms with van der Waals surface area (Å²) in [5, 5.41) is 3.05. The van der Waals surface area contributed by atoms with E-state index >= 15 is 0 Å². The molecular weight excluding hydrogens is 378 g/mol. The molecule has 0 aliphatic carbocycles. The lowest BCUT2D eigenvalue weighted by molar-refractivity contribution is 0.426. The van der Waals surface area contributed by atoms with E-state index in [4.69, 9.17) is 0 Å². The molecule has 1 heterocycles. The van der Waals surface area contributed by atoms with Gasteiger partial charge in [0.1, 0.15) is 16.5 Å². The second-order valence-corrected chi connectivity index (χ2v) is 6.97. The molecule has 0 bridgehead atoms. The van der Waals surface area contributed by atoms with Gasteiger partial charge in [-0.1, -0.05) is 0 Å². The molecule has 1 aliphatic heterocycles. The molecule has 114 valence electrons. The van der Waals surface area contributed by atoms with Gasteiger partial charge in [-0.15, -0.1) is 12.4 Å². The van der Waals surface area contributed by atoms with Crippen LogP contribution in [-0.4, -0.2) is 38.9 Å². The number of hydrogen-bond donors (Lipinski definition) is 1. The lowest BCUT2D eigenvalue weighted by atomic mass is 10.3. The van der Waals surface area contributed by atoms with E-state index in [1.54, 1.807) is 0 Å². The zero-order valence-corrected chi connectivity index (χ0v) is 13.6. The van der Waals surface area contributed by atoms with E-state index in [0.717, 1.165) is 6.07 Å². The van der Waals surface area contributed by atoms with E-state index in [-0.39, 0.29) is 23.4 Å². The van der Waals surface area contributed by atoms with Crippen LogP contribution in [0.5, 0.6) is 0 Å². The molecule has 0 radical (unpaired) electrons. The summed E-state index contributed by atoms with van der Waals surface area (Å²) in [6.45, 7) is 1.76. The molecule has 1 N–H and O–H groups in total. The first-order chi connectivity index (χ1) is 8.93. The highest BCUT2D eigenvalue weighted by molar-refractivity contribution is 9.10. The van der Waals surface area contributed by atoms with E-state index in [1.165, 1.54) is 4.31 Å². The van der Waals surface area contributed by atoms with Crippen LogP contribution in [0.4, 0.5) is 8.78 Å². The van der Waals surface area contributed by atoms with Gasteiger partial charge < -0.3 is 5.32 Å². The van der Waals surface area contributed by atoms with Crippen LogP contribution in [0.2, 0.25) is 0 Å². The Morgan fingerprint density at radius 1 is 1.15 bits per heavy atom. The van der Waals surface area contributed by atoms with Gasteiger partial charge in [0.15, 0.2) is 0 Å². The fourth-order valence-electron chi connectivity index (χ4n) is 1.90. The lowest BCUT2D eigenvalue weighted by Gasteiger charge is -2.20. The molecule has 1 fully saturated rings. The van der Waals surface area contributed by atoms with Crippen LogP contribution in [-0.2, 0) is 10.0 Å². The zero-order valence-electron chi connectivity index (χ0n) is 10.4. The minimum absolute atomic E-state index is 0. The van der Waals surface area contributed by atoms with Crippen molar-refractivity contribution in [2.45, 2.75) is 11.3 Å².